The molecule has 0 unspecified atom stereocenters. The summed E-state index contributed by atoms with van der Waals surface area (Å²) < 4.78 is 0. The van der Waals surface area contributed by atoms with Crippen molar-refractivity contribution in [2.45, 2.75) is 20.8 Å². The summed E-state index contributed by atoms with van der Waals surface area (Å²) >= 11 is 0. The first kappa shape index (κ1) is 16.8. The van der Waals surface area contributed by atoms with E-state index in [-0.39, 0.29) is 12.1 Å². The van der Waals surface area contributed by atoms with Crippen molar-refractivity contribution in [1.29, 1.82) is 0 Å². The number of amides is 4. The number of nitrogens with zero attached hydrogens (tertiary/aromatic N) is 2. The molecule has 1 aromatic rings. The molecule has 0 aromatic heterocycles. The number of nitrogens with one attached hydrogen (secondary N) is 2. The molecule has 116 valence electrons. The molecule has 0 aliphatic rings. The molecule has 0 atom stereocenters. The fourth-order valence-corrected chi connectivity index (χ4v) is 1.81. The van der Waals surface area contributed by atoms with Gasteiger partial charge in [0.05, 0.1) is 5.69 Å². The van der Waals surface area contributed by atoms with Crippen LogP contribution < -0.4 is 10.6 Å². The number of carbonyl (C=O) groups excluding carboxylic acids is 2. The van der Waals surface area contributed by atoms with Gasteiger partial charge in [-0.1, -0.05) is 0 Å². The lowest BCUT2D eigenvalue weighted by atomic mass is 10.0. The van der Waals surface area contributed by atoms with Gasteiger partial charge in [0.2, 0.25) is 0 Å². The van der Waals surface area contributed by atoms with Gasteiger partial charge < -0.3 is 20.4 Å². The van der Waals surface area contributed by atoms with Crippen molar-refractivity contribution < 1.29 is 9.59 Å². The predicted octanol–water partition coefficient (Wildman–Crippen LogP) is 2.80. The highest BCUT2D eigenvalue weighted by molar-refractivity contribution is 5.95. The Bertz CT molecular complexity index is 565. The Morgan fingerprint density at radius 2 is 1.33 bits per heavy atom. The van der Waals surface area contributed by atoms with Gasteiger partial charge in [0.15, 0.2) is 0 Å². The molecule has 0 heterocycles. The molecule has 4 amide bonds. The van der Waals surface area contributed by atoms with E-state index in [1.165, 1.54) is 9.80 Å². The number of hydrogen-bond donors (Lipinski definition) is 2. The maximum absolute atomic E-state index is 11.9. The van der Waals surface area contributed by atoms with Gasteiger partial charge in [-0.25, -0.2) is 9.59 Å². The molecule has 0 aliphatic carbocycles. The first-order valence-corrected chi connectivity index (χ1v) is 6.72. The van der Waals surface area contributed by atoms with Crippen molar-refractivity contribution in [1.82, 2.24) is 9.80 Å². The SMILES string of the molecule is Cc1cc(NC(=O)N(C)C)c(C)c(NC(=O)N(C)C)c1C. The monoisotopic (exact) mass is 292 g/mol. The second kappa shape index (κ2) is 6.47. The van der Waals surface area contributed by atoms with Crippen LogP contribution in [0.4, 0.5) is 21.0 Å². The molecule has 6 heteroatoms. The van der Waals surface area contributed by atoms with Gasteiger partial charge in [-0.05, 0) is 43.5 Å². The maximum Gasteiger partial charge on any atom is 0.321 e. The lowest BCUT2D eigenvalue weighted by molar-refractivity contribution is 0.230. The first-order valence-electron chi connectivity index (χ1n) is 6.72. The van der Waals surface area contributed by atoms with Gasteiger partial charge in [0.1, 0.15) is 0 Å². The summed E-state index contributed by atoms with van der Waals surface area (Å²) in [6, 6.07) is 1.51. The Kier molecular flexibility index (Phi) is 5.18. The van der Waals surface area contributed by atoms with E-state index in [1.807, 2.05) is 26.8 Å². The van der Waals surface area contributed by atoms with Gasteiger partial charge in [0, 0.05) is 33.9 Å². The van der Waals surface area contributed by atoms with E-state index < -0.39 is 0 Å². The summed E-state index contributed by atoms with van der Waals surface area (Å²) in [7, 11) is 6.73. The van der Waals surface area contributed by atoms with E-state index in [9.17, 15) is 9.59 Å². The van der Waals surface area contributed by atoms with Gasteiger partial charge >= 0.3 is 12.1 Å². The predicted molar refractivity (Wildman–Crippen MR) is 86.1 cm³/mol. The minimum Gasteiger partial charge on any atom is -0.331 e. The van der Waals surface area contributed by atoms with Crippen LogP contribution in [0.5, 0.6) is 0 Å². The molecule has 0 saturated carbocycles. The van der Waals surface area contributed by atoms with Crippen molar-refractivity contribution in [3.05, 3.63) is 22.8 Å². The third kappa shape index (κ3) is 3.87. The summed E-state index contributed by atoms with van der Waals surface area (Å²) in [5, 5.41) is 5.73. The Morgan fingerprint density at radius 1 is 0.857 bits per heavy atom. The average Bonchev–Trinajstić information content (AvgIpc) is 2.40. The summed E-state index contributed by atoms with van der Waals surface area (Å²) in [5.41, 5.74) is 4.27. The number of rotatable bonds is 2. The fraction of sp³-hybridized carbons (Fsp3) is 0.467. The number of aryl methyl sites for hydroxylation is 1. The van der Waals surface area contributed by atoms with Crippen LogP contribution in [0.1, 0.15) is 16.7 Å². The molecular formula is C15H24N4O2. The normalized spacial score (nSPS) is 10.0. The van der Waals surface area contributed by atoms with Crippen molar-refractivity contribution >= 4 is 23.4 Å². The Morgan fingerprint density at radius 3 is 1.81 bits per heavy atom. The third-order valence-corrected chi connectivity index (χ3v) is 3.39. The van der Waals surface area contributed by atoms with E-state index in [0.717, 1.165) is 22.4 Å². The molecule has 1 rings (SSSR count). The highest BCUT2D eigenvalue weighted by Crippen LogP contribution is 2.30. The lowest BCUT2D eigenvalue weighted by Crippen LogP contribution is -2.29. The summed E-state index contributed by atoms with van der Waals surface area (Å²) in [6.45, 7) is 5.78. The van der Waals surface area contributed by atoms with E-state index in [0.29, 0.717) is 5.69 Å². The van der Waals surface area contributed by atoms with E-state index in [2.05, 4.69) is 10.6 Å². The molecule has 0 radical (unpaired) electrons. The maximum atomic E-state index is 11.9. The molecule has 0 fully saturated rings. The van der Waals surface area contributed by atoms with Crippen molar-refractivity contribution in [3.8, 4) is 0 Å². The summed E-state index contributed by atoms with van der Waals surface area (Å²) in [6.07, 6.45) is 0. The van der Waals surface area contributed by atoms with Gasteiger partial charge in [-0.15, -0.1) is 0 Å². The smallest absolute Gasteiger partial charge is 0.321 e. The number of hydrogen-bond acceptors (Lipinski definition) is 2. The Labute approximate surface area is 126 Å². The third-order valence-electron chi connectivity index (χ3n) is 3.39. The average molecular weight is 292 g/mol. The highest BCUT2D eigenvalue weighted by atomic mass is 16.2. The fourth-order valence-electron chi connectivity index (χ4n) is 1.81. The zero-order valence-corrected chi connectivity index (χ0v) is 13.8. The zero-order valence-electron chi connectivity index (χ0n) is 13.8. The molecule has 6 nitrogen and oxygen atoms in total. The molecule has 0 saturated heterocycles. The number of urea groups is 2. The molecule has 2 N–H and O–H groups in total. The summed E-state index contributed by atoms with van der Waals surface area (Å²) in [4.78, 5) is 26.6. The van der Waals surface area contributed by atoms with Crippen LogP contribution in [-0.4, -0.2) is 50.1 Å². The number of carbonyl (C=O) groups is 2. The van der Waals surface area contributed by atoms with E-state index in [1.54, 1.807) is 28.2 Å². The highest BCUT2D eigenvalue weighted by Gasteiger charge is 2.15. The van der Waals surface area contributed by atoms with Gasteiger partial charge in [-0.3, -0.25) is 0 Å². The second-order valence-corrected chi connectivity index (χ2v) is 5.52. The van der Waals surface area contributed by atoms with Crippen LogP contribution >= 0.6 is 0 Å². The molecule has 0 bridgehead atoms. The topological polar surface area (TPSA) is 64.7 Å². The standard InChI is InChI=1S/C15H24N4O2/c1-9-8-12(16-14(20)18(4)5)11(3)13(10(9)2)17-15(21)19(6)7/h8H,1-7H3,(H,16,20)(H,17,21). The van der Waals surface area contributed by atoms with Crippen LogP contribution in [-0.2, 0) is 0 Å². The molecule has 0 aliphatic heterocycles. The van der Waals surface area contributed by atoms with Crippen LogP contribution in [0.15, 0.2) is 6.07 Å². The van der Waals surface area contributed by atoms with Crippen LogP contribution in [0.2, 0.25) is 0 Å². The van der Waals surface area contributed by atoms with Gasteiger partial charge in [-0.2, -0.15) is 0 Å². The van der Waals surface area contributed by atoms with Crippen LogP contribution in [0, 0.1) is 20.8 Å². The van der Waals surface area contributed by atoms with Crippen LogP contribution in [0.3, 0.4) is 0 Å². The minimum absolute atomic E-state index is 0.198. The minimum atomic E-state index is -0.203. The Balaban J connectivity index is 3.22. The summed E-state index contributed by atoms with van der Waals surface area (Å²) in [5.74, 6) is 0. The molecule has 21 heavy (non-hydrogen) atoms. The second-order valence-electron chi connectivity index (χ2n) is 5.52. The number of benzene rings is 1. The largest absolute Gasteiger partial charge is 0.331 e. The lowest BCUT2D eigenvalue weighted by Gasteiger charge is -2.21. The van der Waals surface area contributed by atoms with Crippen molar-refractivity contribution in [2.24, 2.45) is 0 Å². The molecule has 1 aromatic carbocycles. The van der Waals surface area contributed by atoms with Gasteiger partial charge in [0.25, 0.3) is 0 Å². The zero-order chi connectivity index (χ0) is 16.3. The Hall–Kier alpha value is -2.24. The van der Waals surface area contributed by atoms with E-state index in [4.69, 9.17) is 0 Å². The van der Waals surface area contributed by atoms with E-state index >= 15 is 0 Å². The first-order chi connectivity index (χ1) is 9.65. The van der Waals surface area contributed by atoms with Crippen molar-refractivity contribution in [2.75, 3.05) is 38.8 Å². The number of anilines is 2. The molecule has 0 spiro atoms. The quantitative estimate of drug-likeness (QED) is 0.880. The van der Waals surface area contributed by atoms with Crippen molar-refractivity contribution in [3.63, 3.8) is 0 Å². The van der Waals surface area contributed by atoms with Crippen LogP contribution in [0.25, 0.3) is 0 Å². The molecular weight excluding hydrogens is 268 g/mol.